The molecule has 0 N–H and O–H groups in total. The summed E-state index contributed by atoms with van der Waals surface area (Å²) in [5.74, 6) is 1.07. The Balaban J connectivity index is 2.84. The Hall–Kier alpha value is -0.843. The monoisotopic (exact) mass is 352 g/mol. The van der Waals surface area contributed by atoms with Crippen molar-refractivity contribution in [2.45, 2.75) is 65.1 Å². The third-order valence-electron chi connectivity index (χ3n) is 5.29. The van der Waals surface area contributed by atoms with Crippen LogP contribution >= 0.6 is 0 Å². The summed E-state index contributed by atoms with van der Waals surface area (Å²) in [4.78, 5) is 0. The van der Waals surface area contributed by atoms with Crippen LogP contribution in [0.2, 0.25) is 18.1 Å². The van der Waals surface area contributed by atoms with Gasteiger partial charge in [0.25, 0.3) is 0 Å². The zero-order chi connectivity index (χ0) is 18.4. The minimum atomic E-state index is -1.81. The second kappa shape index (κ2) is 8.50. The number of methoxy groups -OCH3 is 1. The van der Waals surface area contributed by atoms with Gasteiger partial charge in [0.05, 0.1) is 6.61 Å². The summed E-state index contributed by atoms with van der Waals surface area (Å²) in [6.45, 7) is 18.6. The molecule has 24 heavy (non-hydrogen) atoms. The largest absolute Gasteiger partial charge is 0.544 e. The predicted octanol–water partition coefficient (Wildman–Crippen LogP) is 5.82. The highest BCUT2D eigenvalue weighted by atomic mass is 28.4. The van der Waals surface area contributed by atoms with E-state index in [2.05, 4.69) is 59.5 Å². The molecular formula is C20H36O3Si. The molecule has 1 rings (SSSR count). The average Bonchev–Trinajstić information content (AvgIpc) is 2.46. The van der Waals surface area contributed by atoms with Crippen LogP contribution in [0, 0.1) is 5.41 Å². The van der Waals surface area contributed by atoms with Crippen molar-refractivity contribution in [1.29, 1.82) is 0 Å². The standard InChI is InChI=1S/C20H36O3Si/c1-9-11-20(13-14-22-16-21-6)12-10-18(17(2)15-20)23-24(7,8)19(3,4)5/h9-10,12H,1,11,13-16H2,2-8H3. The van der Waals surface area contributed by atoms with Crippen LogP contribution in [0.25, 0.3) is 0 Å². The molecule has 0 amide bonds. The van der Waals surface area contributed by atoms with Crippen molar-refractivity contribution < 1.29 is 13.9 Å². The minimum absolute atomic E-state index is 0.0832. The lowest BCUT2D eigenvalue weighted by Gasteiger charge is -2.40. The molecule has 0 spiro atoms. The highest BCUT2D eigenvalue weighted by molar-refractivity contribution is 6.74. The highest BCUT2D eigenvalue weighted by Crippen LogP contribution is 2.44. The van der Waals surface area contributed by atoms with Crippen molar-refractivity contribution in [3.8, 4) is 0 Å². The molecule has 0 aromatic carbocycles. The molecule has 0 aromatic heterocycles. The summed E-state index contributed by atoms with van der Waals surface area (Å²) in [6, 6.07) is 0. The fourth-order valence-electron chi connectivity index (χ4n) is 2.74. The Morgan fingerprint density at radius 1 is 1.33 bits per heavy atom. The SMILES string of the molecule is C=CCC1(CCOCOC)C=CC(O[Si](C)(C)C(C)(C)C)=C(C)C1. The Kier molecular flexibility index (Phi) is 7.51. The van der Waals surface area contributed by atoms with Gasteiger partial charge in [-0.25, -0.2) is 0 Å². The molecule has 1 aliphatic carbocycles. The van der Waals surface area contributed by atoms with Crippen LogP contribution in [-0.2, 0) is 13.9 Å². The second-order valence-corrected chi connectivity index (χ2v) is 13.2. The Labute approximate surface area is 149 Å². The van der Waals surface area contributed by atoms with Gasteiger partial charge in [-0.1, -0.05) is 32.9 Å². The molecule has 4 heteroatoms. The van der Waals surface area contributed by atoms with E-state index < -0.39 is 8.32 Å². The minimum Gasteiger partial charge on any atom is -0.544 e. The van der Waals surface area contributed by atoms with Gasteiger partial charge in [0.15, 0.2) is 0 Å². The van der Waals surface area contributed by atoms with Gasteiger partial charge in [0.1, 0.15) is 12.6 Å². The topological polar surface area (TPSA) is 27.7 Å². The molecule has 0 radical (unpaired) electrons. The maximum Gasteiger partial charge on any atom is 0.250 e. The summed E-state index contributed by atoms with van der Waals surface area (Å²) in [5, 5.41) is 0.206. The van der Waals surface area contributed by atoms with E-state index in [1.54, 1.807) is 7.11 Å². The lowest BCUT2D eigenvalue weighted by Crippen LogP contribution is -2.40. The maximum atomic E-state index is 6.52. The second-order valence-electron chi connectivity index (χ2n) is 8.44. The zero-order valence-electron chi connectivity index (χ0n) is 16.7. The van der Waals surface area contributed by atoms with Gasteiger partial charge in [0, 0.05) is 7.11 Å². The summed E-state index contributed by atoms with van der Waals surface area (Å²) >= 11 is 0. The van der Waals surface area contributed by atoms with Gasteiger partial charge in [-0.3, -0.25) is 0 Å². The van der Waals surface area contributed by atoms with E-state index in [0.29, 0.717) is 13.4 Å². The van der Waals surface area contributed by atoms with Gasteiger partial charge in [-0.15, -0.1) is 6.58 Å². The summed E-state index contributed by atoms with van der Waals surface area (Å²) < 4.78 is 17.0. The first-order valence-electron chi connectivity index (χ1n) is 8.82. The van der Waals surface area contributed by atoms with Crippen molar-refractivity contribution >= 4 is 8.32 Å². The van der Waals surface area contributed by atoms with Gasteiger partial charge in [0.2, 0.25) is 8.32 Å². The third-order valence-corrected chi connectivity index (χ3v) is 9.64. The van der Waals surface area contributed by atoms with E-state index >= 15 is 0 Å². The molecule has 0 aliphatic heterocycles. The summed E-state index contributed by atoms with van der Waals surface area (Å²) in [5.41, 5.74) is 1.41. The molecule has 1 atom stereocenters. The molecule has 0 fully saturated rings. The zero-order valence-corrected chi connectivity index (χ0v) is 17.7. The quantitative estimate of drug-likeness (QED) is 0.227. The molecule has 1 aliphatic rings. The first kappa shape index (κ1) is 21.2. The maximum absolute atomic E-state index is 6.52. The number of hydrogen-bond acceptors (Lipinski definition) is 3. The van der Waals surface area contributed by atoms with Crippen LogP contribution in [0.5, 0.6) is 0 Å². The predicted molar refractivity (Wildman–Crippen MR) is 104 cm³/mol. The van der Waals surface area contributed by atoms with E-state index in [1.807, 2.05) is 6.08 Å². The fraction of sp³-hybridized carbons (Fsp3) is 0.700. The molecule has 0 heterocycles. The van der Waals surface area contributed by atoms with E-state index in [0.717, 1.165) is 25.0 Å². The van der Waals surface area contributed by atoms with Gasteiger partial charge in [-0.05, 0) is 61.4 Å². The molecule has 1 unspecified atom stereocenters. The van der Waals surface area contributed by atoms with E-state index in [-0.39, 0.29) is 10.5 Å². The van der Waals surface area contributed by atoms with Crippen molar-refractivity contribution in [3.05, 3.63) is 36.1 Å². The first-order chi connectivity index (χ1) is 11.1. The molecule has 138 valence electrons. The lowest BCUT2D eigenvalue weighted by molar-refractivity contribution is -0.0377. The van der Waals surface area contributed by atoms with Crippen LogP contribution in [0.15, 0.2) is 36.1 Å². The smallest absolute Gasteiger partial charge is 0.250 e. The highest BCUT2D eigenvalue weighted by Gasteiger charge is 2.40. The Morgan fingerprint density at radius 3 is 2.50 bits per heavy atom. The molecule has 0 bridgehead atoms. The van der Waals surface area contributed by atoms with Gasteiger partial charge in [-0.2, -0.15) is 0 Å². The van der Waals surface area contributed by atoms with E-state index in [1.165, 1.54) is 5.57 Å². The van der Waals surface area contributed by atoms with Crippen molar-refractivity contribution in [2.24, 2.45) is 5.41 Å². The third kappa shape index (κ3) is 5.61. The van der Waals surface area contributed by atoms with E-state index in [9.17, 15) is 0 Å². The van der Waals surface area contributed by atoms with Crippen LogP contribution in [0.4, 0.5) is 0 Å². The number of hydrogen-bond donors (Lipinski definition) is 0. The molecule has 3 nitrogen and oxygen atoms in total. The van der Waals surface area contributed by atoms with Crippen molar-refractivity contribution in [3.63, 3.8) is 0 Å². The number of allylic oxidation sites excluding steroid dienone is 4. The molecule has 0 saturated heterocycles. The summed E-state index contributed by atoms with van der Waals surface area (Å²) in [6.07, 6.45) is 9.40. The molecular weight excluding hydrogens is 316 g/mol. The van der Waals surface area contributed by atoms with Crippen LogP contribution in [-0.4, -0.2) is 28.8 Å². The lowest BCUT2D eigenvalue weighted by atomic mass is 9.73. The van der Waals surface area contributed by atoms with Crippen LogP contribution in [0.1, 0.15) is 47.0 Å². The van der Waals surface area contributed by atoms with Crippen molar-refractivity contribution in [2.75, 3.05) is 20.5 Å². The molecule has 0 aromatic rings. The summed E-state index contributed by atoms with van der Waals surface area (Å²) in [7, 11) is -0.155. The van der Waals surface area contributed by atoms with Crippen molar-refractivity contribution in [1.82, 2.24) is 0 Å². The molecule has 0 saturated carbocycles. The number of rotatable bonds is 9. The Morgan fingerprint density at radius 2 is 2.00 bits per heavy atom. The van der Waals surface area contributed by atoms with Crippen LogP contribution < -0.4 is 0 Å². The first-order valence-corrected chi connectivity index (χ1v) is 11.7. The van der Waals surface area contributed by atoms with E-state index in [4.69, 9.17) is 13.9 Å². The number of ether oxygens (including phenoxy) is 2. The van der Waals surface area contributed by atoms with Crippen LogP contribution in [0.3, 0.4) is 0 Å². The normalized spacial score (nSPS) is 22.0. The average molecular weight is 353 g/mol. The Bertz CT molecular complexity index is 486. The van der Waals surface area contributed by atoms with Gasteiger partial charge < -0.3 is 13.9 Å². The fourth-order valence-corrected chi connectivity index (χ4v) is 3.84. The van der Waals surface area contributed by atoms with Gasteiger partial charge >= 0.3 is 0 Å².